The van der Waals surface area contributed by atoms with Gasteiger partial charge < -0.3 is 10.2 Å². The zero-order valence-corrected chi connectivity index (χ0v) is 2.76. The molecule has 5 heavy (non-hydrogen) atoms. The third-order valence-corrected chi connectivity index (χ3v) is 0.187. The molecule has 2 heteroatoms. The van der Waals surface area contributed by atoms with E-state index in [1.807, 2.05) is 0 Å². The number of aliphatic hydroxyl groups excluding tert-OH is 2. The monoisotopic (exact) mass is 74.0 g/mol. The molecular formula is C3H6O2. The summed E-state index contributed by atoms with van der Waals surface area (Å²) in [6, 6.07) is 0. The van der Waals surface area contributed by atoms with Gasteiger partial charge >= 0.3 is 0 Å². The summed E-state index contributed by atoms with van der Waals surface area (Å²) in [4.78, 5) is 0. The van der Waals surface area contributed by atoms with Crippen LogP contribution in [-0.4, -0.2) is 22.9 Å². The Morgan fingerprint density at radius 2 is 2.00 bits per heavy atom. The molecule has 0 bridgehead atoms. The zero-order chi connectivity index (χ0) is 4.28. The first-order chi connectivity index (χ1) is 2.27. The minimum absolute atomic E-state index is 0.361. The van der Waals surface area contributed by atoms with Gasteiger partial charge in [-0.2, -0.15) is 0 Å². The lowest BCUT2D eigenvalue weighted by molar-refractivity contribution is 0.129. The van der Waals surface area contributed by atoms with Crippen LogP contribution in [0.2, 0.25) is 0 Å². The fourth-order valence-electron chi connectivity index (χ4n) is 0. The normalized spacial score (nSPS) is 15.0. The molecule has 0 fully saturated rings. The van der Waals surface area contributed by atoms with Crippen LogP contribution in [0, 0.1) is 6.92 Å². The summed E-state index contributed by atoms with van der Waals surface area (Å²) < 4.78 is 0. The van der Waals surface area contributed by atoms with Crippen LogP contribution < -0.4 is 0 Å². The summed E-state index contributed by atoms with van der Waals surface area (Å²) in [5, 5.41) is 15.7. The van der Waals surface area contributed by atoms with E-state index in [9.17, 15) is 0 Å². The van der Waals surface area contributed by atoms with E-state index < -0.39 is 6.10 Å². The van der Waals surface area contributed by atoms with Crippen molar-refractivity contribution < 1.29 is 10.2 Å². The lowest BCUT2D eigenvalue weighted by Gasteiger charge is -1.89. The van der Waals surface area contributed by atoms with Crippen LogP contribution in [0.25, 0.3) is 0 Å². The van der Waals surface area contributed by atoms with E-state index in [0.29, 0.717) is 0 Å². The summed E-state index contributed by atoms with van der Waals surface area (Å²) in [6.45, 7) is 4.24. The average Bonchev–Trinajstić information content (AvgIpc) is 1.38. The van der Waals surface area contributed by atoms with Gasteiger partial charge in [0.1, 0.15) is 0 Å². The number of rotatable bonds is 1. The highest BCUT2D eigenvalue weighted by Gasteiger charge is 1.84. The Morgan fingerprint density at radius 3 is 2.00 bits per heavy atom. The van der Waals surface area contributed by atoms with Gasteiger partial charge in [0.2, 0.25) is 0 Å². The van der Waals surface area contributed by atoms with Gasteiger partial charge in [-0.25, -0.2) is 0 Å². The second-order valence-corrected chi connectivity index (χ2v) is 0.750. The Balaban J connectivity index is 2.54. The molecule has 0 aliphatic rings. The van der Waals surface area contributed by atoms with Crippen molar-refractivity contribution in [3.05, 3.63) is 6.92 Å². The molecule has 0 heterocycles. The summed E-state index contributed by atoms with van der Waals surface area (Å²) in [5.41, 5.74) is 0. The van der Waals surface area contributed by atoms with Crippen molar-refractivity contribution in [2.45, 2.75) is 6.10 Å². The van der Waals surface area contributed by atoms with E-state index in [1.54, 1.807) is 0 Å². The van der Waals surface area contributed by atoms with E-state index in [1.165, 1.54) is 0 Å². The topological polar surface area (TPSA) is 40.5 Å². The second kappa shape index (κ2) is 2.18. The Kier molecular flexibility index (Phi) is 2.14. The smallest absolute Gasteiger partial charge is 0.0806 e. The fourth-order valence-corrected chi connectivity index (χ4v) is 0. The summed E-state index contributed by atoms with van der Waals surface area (Å²) >= 11 is 0. The van der Waals surface area contributed by atoms with Gasteiger partial charge in [-0.1, -0.05) is 0 Å². The summed E-state index contributed by atoms with van der Waals surface area (Å²) in [7, 11) is 0. The second-order valence-electron chi connectivity index (χ2n) is 0.750. The van der Waals surface area contributed by atoms with E-state index in [2.05, 4.69) is 6.92 Å². The lowest BCUT2D eigenvalue weighted by Crippen LogP contribution is -2.04. The van der Waals surface area contributed by atoms with Crippen molar-refractivity contribution in [1.82, 2.24) is 0 Å². The van der Waals surface area contributed by atoms with Gasteiger partial charge in [-0.3, -0.25) is 0 Å². The Labute approximate surface area is 31.1 Å². The molecule has 0 aliphatic carbocycles. The van der Waals surface area contributed by atoms with Gasteiger partial charge in [-0.05, 0) is 6.92 Å². The molecule has 0 aromatic rings. The van der Waals surface area contributed by atoms with Crippen molar-refractivity contribution in [3.63, 3.8) is 0 Å². The molecule has 1 unspecified atom stereocenters. The van der Waals surface area contributed by atoms with E-state index >= 15 is 0 Å². The summed E-state index contributed by atoms with van der Waals surface area (Å²) in [6.07, 6.45) is -1.06. The highest BCUT2D eigenvalue weighted by Crippen LogP contribution is 1.67. The first kappa shape index (κ1) is 4.92. The molecule has 2 N–H and O–H groups in total. The predicted molar refractivity (Wildman–Crippen MR) is 17.4 cm³/mol. The van der Waals surface area contributed by atoms with Crippen LogP contribution >= 0.6 is 0 Å². The van der Waals surface area contributed by atoms with Crippen molar-refractivity contribution in [3.8, 4) is 0 Å². The standard InChI is InChI=1S/C3H6O2/c1-3(5)2-4/h1,3-5H,2H2. The van der Waals surface area contributed by atoms with Crippen LogP contribution in [0.15, 0.2) is 0 Å². The van der Waals surface area contributed by atoms with Crippen LogP contribution in [0.4, 0.5) is 0 Å². The number of aliphatic hydroxyl groups is 2. The molecule has 0 aliphatic heterocycles. The van der Waals surface area contributed by atoms with Crippen molar-refractivity contribution >= 4 is 0 Å². The number of hydrogen-bond acceptors (Lipinski definition) is 2. The van der Waals surface area contributed by atoms with Gasteiger partial charge in [0.25, 0.3) is 0 Å². The largest absolute Gasteiger partial charge is 0.394 e. The van der Waals surface area contributed by atoms with Gasteiger partial charge in [0.05, 0.1) is 12.7 Å². The molecule has 0 rings (SSSR count). The fraction of sp³-hybridized carbons (Fsp3) is 0.667. The molecule has 2 radical (unpaired) electrons. The van der Waals surface area contributed by atoms with Gasteiger partial charge in [0.15, 0.2) is 0 Å². The quantitative estimate of drug-likeness (QED) is 0.421. The van der Waals surface area contributed by atoms with Gasteiger partial charge in [-0.15, -0.1) is 0 Å². The Morgan fingerprint density at radius 1 is 1.80 bits per heavy atom. The van der Waals surface area contributed by atoms with E-state index in [0.717, 1.165) is 0 Å². The first-order valence-corrected chi connectivity index (χ1v) is 1.32. The van der Waals surface area contributed by atoms with Crippen molar-refractivity contribution in [2.24, 2.45) is 0 Å². The van der Waals surface area contributed by atoms with Crippen LogP contribution in [0.5, 0.6) is 0 Å². The molecule has 0 amide bonds. The predicted octanol–water partition coefficient (Wildman–Crippen LogP) is -0.949. The molecule has 30 valence electrons. The molecule has 2 nitrogen and oxygen atoms in total. The summed E-state index contributed by atoms with van der Waals surface area (Å²) in [5.74, 6) is 0. The highest BCUT2D eigenvalue weighted by molar-refractivity contribution is 4.49. The van der Waals surface area contributed by atoms with Crippen LogP contribution in [0.1, 0.15) is 0 Å². The SMILES string of the molecule is [CH]C(O)CO. The van der Waals surface area contributed by atoms with Crippen LogP contribution in [-0.2, 0) is 0 Å². The molecule has 0 saturated carbocycles. The molecular weight excluding hydrogens is 68.0 g/mol. The van der Waals surface area contributed by atoms with Crippen molar-refractivity contribution in [1.29, 1.82) is 0 Å². The molecule has 0 aromatic carbocycles. The number of hydrogen-bond donors (Lipinski definition) is 2. The van der Waals surface area contributed by atoms with E-state index in [4.69, 9.17) is 10.2 Å². The van der Waals surface area contributed by atoms with Crippen LogP contribution in [0.3, 0.4) is 0 Å². The lowest BCUT2D eigenvalue weighted by atomic mass is 10.5. The average molecular weight is 74.1 g/mol. The Bertz CT molecular complexity index is 18.9. The van der Waals surface area contributed by atoms with Gasteiger partial charge in [0, 0.05) is 0 Å². The third-order valence-electron chi connectivity index (χ3n) is 0.187. The zero-order valence-electron chi connectivity index (χ0n) is 2.76. The molecule has 1 atom stereocenters. The molecule has 0 spiro atoms. The Hall–Kier alpha value is -0.0800. The van der Waals surface area contributed by atoms with Crippen molar-refractivity contribution in [2.75, 3.05) is 6.61 Å². The third kappa shape index (κ3) is 3.92. The highest BCUT2D eigenvalue weighted by atomic mass is 16.3. The molecule has 0 saturated heterocycles. The maximum absolute atomic E-state index is 7.89. The molecule has 0 aromatic heterocycles. The minimum atomic E-state index is -1.06. The maximum atomic E-state index is 7.89. The first-order valence-electron chi connectivity index (χ1n) is 1.32. The maximum Gasteiger partial charge on any atom is 0.0806 e. The minimum Gasteiger partial charge on any atom is -0.394 e. The van der Waals surface area contributed by atoms with E-state index in [-0.39, 0.29) is 6.61 Å².